The lowest BCUT2D eigenvalue weighted by Gasteiger charge is -2.34. The highest BCUT2D eigenvalue weighted by Gasteiger charge is 2.21. The number of aliphatic imine (C=N–C) groups is 1. The smallest absolute Gasteiger partial charge is 0.193 e. The molecule has 148 valence electrons. The van der Waals surface area contributed by atoms with Crippen LogP contribution < -0.4 is 10.1 Å². The Labute approximate surface area is 175 Å². The molecule has 0 radical (unpaired) electrons. The van der Waals surface area contributed by atoms with E-state index in [2.05, 4.69) is 54.2 Å². The molecule has 1 aliphatic rings. The minimum atomic E-state index is 0. The summed E-state index contributed by atoms with van der Waals surface area (Å²) in [4.78, 5) is 6.74. The number of aryl methyl sites for hydroxylation is 2. The van der Waals surface area contributed by atoms with Crippen LogP contribution in [0.25, 0.3) is 0 Å². The topological polar surface area (TPSA) is 46.1 Å². The lowest BCUT2D eigenvalue weighted by Crippen LogP contribution is -2.47. The molecule has 1 aliphatic heterocycles. The van der Waals surface area contributed by atoms with Crippen LogP contribution in [0.5, 0.6) is 5.75 Å². The first-order valence-corrected chi connectivity index (χ1v) is 9.42. The van der Waals surface area contributed by atoms with Gasteiger partial charge in [-0.2, -0.15) is 0 Å². The van der Waals surface area contributed by atoms with Crippen LogP contribution in [0.4, 0.5) is 0 Å². The third-order valence-electron chi connectivity index (χ3n) is 4.62. The summed E-state index contributed by atoms with van der Waals surface area (Å²) in [5, 5.41) is 3.46. The number of para-hydroxylation sites is 1. The number of nitrogens with one attached hydrogen (secondary N) is 1. The third kappa shape index (κ3) is 6.95. The number of guanidine groups is 1. The number of rotatable bonds is 7. The highest BCUT2D eigenvalue weighted by molar-refractivity contribution is 14.0. The first-order chi connectivity index (χ1) is 12.2. The SMILES string of the molecule is CCOC1CCN(C(=NC)NCCCOc2c(C)cccc2C)CC1.I. The highest BCUT2D eigenvalue weighted by atomic mass is 127. The van der Waals surface area contributed by atoms with E-state index in [1.807, 2.05) is 7.05 Å². The van der Waals surface area contributed by atoms with E-state index in [9.17, 15) is 0 Å². The monoisotopic (exact) mass is 475 g/mol. The van der Waals surface area contributed by atoms with Crippen LogP contribution in [-0.4, -0.2) is 56.9 Å². The number of benzene rings is 1. The third-order valence-corrected chi connectivity index (χ3v) is 4.62. The van der Waals surface area contributed by atoms with Gasteiger partial charge in [-0.05, 0) is 51.2 Å². The average molecular weight is 475 g/mol. The Bertz CT molecular complexity index is 538. The van der Waals surface area contributed by atoms with E-state index in [0.717, 1.165) is 57.2 Å². The molecule has 1 N–H and O–H groups in total. The molecule has 0 spiro atoms. The van der Waals surface area contributed by atoms with Crippen molar-refractivity contribution in [1.29, 1.82) is 0 Å². The molecule has 26 heavy (non-hydrogen) atoms. The second-order valence-electron chi connectivity index (χ2n) is 6.54. The maximum atomic E-state index is 5.96. The van der Waals surface area contributed by atoms with Crippen LogP contribution in [0.2, 0.25) is 0 Å². The van der Waals surface area contributed by atoms with Crippen molar-refractivity contribution in [1.82, 2.24) is 10.2 Å². The van der Waals surface area contributed by atoms with Gasteiger partial charge >= 0.3 is 0 Å². The minimum absolute atomic E-state index is 0. The number of hydrogen-bond donors (Lipinski definition) is 1. The second-order valence-corrected chi connectivity index (χ2v) is 6.54. The second kappa shape index (κ2) is 12.4. The molecule has 0 aromatic heterocycles. The van der Waals surface area contributed by atoms with Gasteiger partial charge < -0.3 is 19.7 Å². The largest absolute Gasteiger partial charge is 0.493 e. The van der Waals surface area contributed by atoms with Gasteiger partial charge in [0.2, 0.25) is 0 Å². The van der Waals surface area contributed by atoms with Crippen LogP contribution in [0.15, 0.2) is 23.2 Å². The molecule has 0 saturated carbocycles. The Morgan fingerprint density at radius 2 is 1.88 bits per heavy atom. The molecule has 0 aliphatic carbocycles. The molecule has 1 saturated heterocycles. The Morgan fingerprint density at radius 1 is 1.23 bits per heavy atom. The fourth-order valence-corrected chi connectivity index (χ4v) is 3.28. The van der Waals surface area contributed by atoms with Crippen LogP contribution in [0.1, 0.15) is 37.3 Å². The van der Waals surface area contributed by atoms with Crippen LogP contribution >= 0.6 is 24.0 Å². The molecule has 5 nitrogen and oxygen atoms in total. The number of piperidine rings is 1. The Kier molecular flexibility index (Phi) is 11.0. The maximum absolute atomic E-state index is 5.96. The molecule has 2 rings (SSSR count). The zero-order valence-electron chi connectivity index (χ0n) is 16.6. The summed E-state index contributed by atoms with van der Waals surface area (Å²) in [5.74, 6) is 2.01. The number of hydrogen-bond acceptors (Lipinski definition) is 3. The molecular weight excluding hydrogens is 441 g/mol. The van der Waals surface area contributed by atoms with E-state index in [0.29, 0.717) is 12.7 Å². The Balaban J connectivity index is 0.00000338. The normalized spacial score (nSPS) is 15.5. The lowest BCUT2D eigenvalue weighted by atomic mass is 10.1. The maximum Gasteiger partial charge on any atom is 0.193 e. The summed E-state index contributed by atoms with van der Waals surface area (Å²) >= 11 is 0. The zero-order valence-corrected chi connectivity index (χ0v) is 18.9. The van der Waals surface area contributed by atoms with Crippen molar-refractivity contribution in [3.63, 3.8) is 0 Å². The number of ether oxygens (including phenoxy) is 2. The van der Waals surface area contributed by atoms with E-state index in [1.54, 1.807) is 0 Å². The quantitative estimate of drug-likeness (QED) is 0.282. The van der Waals surface area contributed by atoms with Gasteiger partial charge in [0.15, 0.2) is 5.96 Å². The van der Waals surface area contributed by atoms with Crippen LogP contribution in [-0.2, 0) is 4.74 Å². The van der Waals surface area contributed by atoms with Gasteiger partial charge in [0.25, 0.3) is 0 Å². The van der Waals surface area contributed by atoms with E-state index in [1.165, 1.54) is 11.1 Å². The molecular formula is C20H34IN3O2. The van der Waals surface area contributed by atoms with Gasteiger partial charge in [0.1, 0.15) is 5.75 Å². The van der Waals surface area contributed by atoms with Crippen molar-refractivity contribution in [2.45, 2.75) is 46.1 Å². The number of halogens is 1. The first-order valence-electron chi connectivity index (χ1n) is 9.42. The van der Waals surface area contributed by atoms with Crippen molar-refractivity contribution < 1.29 is 9.47 Å². The summed E-state index contributed by atoms with van der Waals surface area (Å²) < 4.78 is 11.7. The van der Waals surface area contributed by atoms with Gasteiger partial charge in [-0.3, -0.25) is 4.99 Å². The van der Waals surface area contributed by atoms with Crippen molar-refractivity contribution >= 4 is 29.9 Å². The minimum Gasteiger partial charge on any atom is -0.493 e. The number of nitrogens with zero attached hydrogens (tertiary/aromatic N) is 2. The number of likely N-dealkylation sites (tertiary alicyclic amines) is 1. The van der Waals surface area contributed by atoms with E-state index in [4.69, 9.17) is 9.47 Å². The molecule has 0 bridgehead atoms. The Hall–Kier alpha value is -1.02. The predicted molar refractivity (Wildman–Crippen MR) is 119 cm³/mol. The van der Waals surface area contributed by atoms with Gasteiger partial charge in [-0.15, -0.1) is 24.0 Å². The predicted octanol–water partition coefficient (Wildman–Crippen LogP) is 3.77. The molecule has 1 fully saturated rings. The summed E-state index contributed by atoms with van der Waals surface area (Å²) in [6.07, 6.45) is 3.50. The summed E-state index contributed by atoms with van der Waals surface area (Å²) in [6, 6.07) is 6.25. The Morgan fingerprint density at radius 3 is 2.46 bits per heavy atom. The summed E-state index contributed by atoms with van der Waals surface area (Å²) in [6.45, 7) is 10.6. The average Bonchev–Trinajstić information content (AvgIpc) is 2.61. The molecule has 1 heterocycles. The van der Waals surface area contributed by atoms with Crippen molar-refractivity contribution in [2.75, 3.05) is 39.9 Å². The van der Waals surface area contributed by atoms with Gasteiger partial charge in [0.05, 0.1) is 12.7 Å². The van der Waals surface area contributed by atoms with Crippen molar-refractivity contribution in [2.24, 2.45) is 4.99 Å². The van der Waals surface area contributed by atoms with Crippen molar-refractivity contribution in [3.05, 3.63) is 29.3 Å². The fraction of sp³-hybridized carbons (Fsp3) is 0.650. The van der Waals surface area contributed by atoms with Gasteiger partial charge in [-0.25, -0.2) is 0 Å². The summed E-state index contributed by atoms with van der Waals surface area (Å²) in [5.41, 5.74) is 2.39. The van der Waals surface area contributed by atoms with Crippen LogP contribution in [0.3, 0.4) is 0 Å². The summed E-state index contributed by atoms with van der Waals surface area (Å²) in [7, 11) is 1.85. The van der Waals surface area contributed by atoms with Gasteiger partial charge in [-0.1, -0.05) is 18.2 Å². The zero-order chi connectivity index (χ0) is 18.1. The van der Waals surface area contributed by atoms with Crippen molar-refractivity contribution in [3.8, 4) is 5.75 Å². The standard InChI is InChI=1S/C20H33N3O2.HI/c1-5-24-18-10-13-23(14-11-18)20(21-4)22-12-7-15-25-19-16(2)8-6-9-17(19)3;/h6,8-9,18H,5,7,10-15H2,1-4H3,(H,21,22);1H. The molecule has 0 unspecified atom stereocenters. The lowest BCUT2D eigenvalue weighted by molar-refractivity contribution is 0.0264. The molecule has 0 amide bonds. The molecule has 6 heteroatoms. The fourth-order valence-electron chi connectivity index (χ4n) is 3.28. The molecule has 1 aromatic carbocycles. The van der Waals surface area contributed by atoms with Gasteiger partial charge in [0, 0.05) is 33.3 Å². The van der Waals surface area contributed by atoms with E-state index in [-0.39, 0.29) is 24.0 Å². The first kappa shape index (κ1) is 23.0. The van der Waals surface area contributed by atoms with Crippen LogP contribution in [0, 0.1) is 13.8 Å². The van der Waals surface area contributed by atoms with E-state index >= 15 is 0 Å². The molecule has 1 aromatic rings. The highest BCUT2D eigenvalue weighted by Crippen LogP contribution is 2.22. The van der Waals surface area contributed by atoms with E-state index < -0.39 is 0 Å². The molecule has 0 atom stereocenters.